The Bertz CT molecular complexity index is 287. The Labute approximate surface area is 143 Å². The second-order valence-electron chi connectivity index (χ2n) is 7.14. The van der Waals surface area contributed by atoms with Gasteiger partial charge in [-0.25, -0.2) is 0 Å². The number of esters is 1. The van der Waals surface area contributed by atoms with Gasteiger partial charge in [-0.05, 0) is 18.8 Å². The lowest BCUT2D eigenvalue weighted by atomic mass is 10.0. The lowest BCUT2D eigenvalue weighted by Gasteiger charge is -2.09. The molecule has 0 heterocycles. The SMILES string of the molecule is CC(=O)OC(C=O)CCCCCCCCCCCCCC(C)C. The molecule has 136 valence electrons. The number of rotatable bonds is 16. The van der Waals surface area contributed by atoms with Crippen molar-refractivity contribution in [1.29, 1.82) is 0 Å². The van der Waals surface area contributed by atoms with Gasteiger partial charge in [0.2, 0.25) is 0 Å². The van der Waals surface area contributed by atoms with Crippen LogP contribution in [0.5, 0.6) is 0 Å². The minimum atomic E-state index is -0.539. The van der Waals surface area contributed by atoms with Crippen molar-refractivity contribution in [3.63, 3.8) is 0 Å². The van der Waals surface area contributed by atoms with Crippen LogP contribution < -0.4 is 0 Å². The largest absolute Gasteiger partial charge is 0.455 e. The van der Waals surface area contributed by atoms with Gasteiger partial charge in [0, 0.05) is 6.92 Å². The van der Waals surface area contributed by atoms with E-state index < -0.39 is 6.10 Å². The summed E-state index contributed by atoms with van der Waals surface area (Å²) in [5.41, 5.74) is 0. The van der Waals surface area contributed by atoms with E-state index in [0.29, 0.717) is 6.42 Å². The van der Waals surface area contributed by atoms with Gasteiger partial charge in [-0.2, -0.15) is 0 Å². The van der Waals surface area contributed by atoms with Gasteiger partial charge >= 0.3 is 5.97 Å². The van der Waals surface area contributed by atoms with Crippen LogP contribution in [0, 0.1) is 5.92 Å². The van der Waals surface area contributed by atoms with Gasteiger partial charge in [0.05, 0.1) is 0 Å². The van der Waals surface area contributed by atoms with Crippen LogP contribution in [-0.2, 0) is 14.3 Å². The Kier molecular flexibility index (Phi) is 15.4. The predicted molar refractivity (Wildman–Crippen MR) is 96.5 cm³/mol. The third-order valence-electron chi connectivity index (χ3n) is 4.24. The quantitative estimate of drug-likeness (QED) is 0.203. The van der Waals surface area contributed by atoms with Crippen LogP contribution in [0.25, 0.3) is 0 Å². The van der Waals surface area contributed by atoms with E-state index in [2.05, 4.69) is 13.8 Å². The highest BCUT2D eigenvalue weighted by molar-refractivity contribution is 5.69. The van der Waals surface area contributed by atoms with Gasteiger partial charge in [-0.3, -0.25) is 9.59 Å². The van der Waals surface area contributed by atoms with E-state index in [4.69, 9.17) is 4.74 Å². The summed E-state index contributed by atoms with van der Waals surface area (Å²) in [5.74, 6) is 0.483. The number of hydrogen-bond acceptors (Lipinski definition) is 3. The summed E-state index contributed by atoms with van der Waals surface area (Å²) in [6, 6.07) is 0. The van der Waals surface area contributed by atoms with Crippen molar-refractivity contribution in [3.05, 3.63) is 0 Å². The Hall–Kier alpha value is -0.860. The molecular weight excluding hydrogens is 288 g/mol. The Balaban J connectivity index is 3.21. The number of carbonyl (C=O) groups excluding carboxylic acids is 2. The lowest BCUT2D eigenvalue weighted by Crippen LogP contribution is -2.17. The Morgan fingerprint density at radius 1 is 0.783 bits per heavy atom. The molecule has 0 aromatic rings. The summed E-state index contributed by atoms with van der Waals surface area (Å²) in [7, 11) is 0. The van der Waals surface area contributed by atoms with E-state index in [0.717, 1.165) is 25.0 Å². The molecule has 0 aromatic heterocycles. The molecule has 0 aliphatic heterocycles. The summed E-state index contributed by atoms with van der Waals surface area (Å²) in [5, 5.41) is 0. The third-order valence-corrected chi connectivity index (χ3v) is 4.24. The highest BCUT2D eigenvalue weighted by Crippen LogP contribution is 2.14. The van der Waals surface area contributed by atoms with Crippen LogP contribution in [0.2, 0.25) is 0 Å². The first kappa shape index (κ1) is 22.1. The normalized spacial score (nSPS) is 12.3. The van der Waals surface area contributed by atoms with Crippen molar-refractivity contribution in [2.24, 2.45) is 5.92 Å². The topological polar surface area (TPSA) is 43.4 Å². The molecule has 0 aliphatic carbocycles. The van der Waals surface area contributed by atoms with Crippen molar-refractivity contribution in [1.82, 2.24) is 0 Å². The van der Waals surface area contributed by atoms with Crippen molar-refractivity contribution >= 4 is 12.3 Å². The molecule has 0 amide bonds. The number of unbranched alkanes of at least 4 members (excludes halogenated alkanes) is 10. The molecule has 0 N–H and O–H groups in total. The molecule has 1 atom stereocenters. The van der Waals surface area contributed by atoms with Gasteiger partial charge in [0.15, 0.2) is 12.4 Å². The van der Waals surface area contributed by atoms with Gasteiger partial charge < -0.3 is 4.74 Å². The van der Waals surface area contributed by atoms with Gasteiger partial charge in [0.25, 0.3) is 0 Å². The maximum atomic E-state index is 10.8. The van der Waals surface area contributed by atoms with Crippen molar-refractivity contribution in [2.75, 3.05) is 0 Å². The van der Waals surface area contributed by atoms with E-state index in [-0.39, 0.29) is 5.97 Å². The summed E-state index contributed by atoms with van der Waals surface area (Å²) in [6.45, 7) is 5.95. The van der Waals surface area contributed by atoms with Crippen molar-refractivity contribution in [3.8, 4) is 0 Å². The molecule has 3 nitrogen and oxygen atoms in total. The second-order valence-corrected chi connectivity index (χ2v) is 7.14. The Morgan fingerprint density at radius 2 is 1.17 bits per heavy atom. The fourth-order valence-electron chi connectivity index (χ4n) is 2.86. The molecular formula is C20H38O3. The maximum absolute atomic E-state index is 10.8. The van der Waals surface area contributed by atoms with E-state index in [1.807, 2.05) is 0 Å². The zero-order valence-corrected chi connectivity index (χ0v) is 15.6. The molecule has 0 aromatic carbocycles. The molecule has 0 saturated heterocycles. The van der Waals surface area contributed by atoms with Crippen LogP contribution in [0.1, 0.15) is 104 Å². The lowest BCUT2D eigenvalue weighted by molar-refractivity contribution is -0.149. The van der Waals surface area contributed by atoms with Gasteiger partial charge in [0.1, 0.15) is 0 Å². The van der Waals surface area contributed by atoms with E-state index in [9.17, 15) is 9.59 Å². The van der Waals surface area contributed by atoms with Crippen LogP contribution in [0.4, 0.5) is 0 Å². The molecule has 0 saturated carbocycles. The molecule has 0 radical (unpaired) electrons. The first-order valence-electron chi connectivity index (χ1n) is 9.68. The molecule has 0 spiro atoms. The predicted octanol–water partition coefficient (Wildman–Crippen LogP) is 5.84. The fraction of sp³-hybridized carbons (Fsp3) is 0.900. The number of carbonyl (C=O) groups is 2. The van der Waals surface area contributed by atoms with Crippen LogP contribution >= 0.6 is 0 Å². The third kappa shape index (κ3) is 17.3. The molecule has 23 heavy (non-hydrogen) atoms. The minimum Gasteiger partial charge on any atom is -0.455 e. The zero-order valence-electron chi connectivity index (χ0n) is 15.6. The maximum Gasteiger partial charge on any atom is 0.303 e. The standard InChI is InChI=1S/C20H38O3/c1-18(2)15-13-11-9-7-5-4-6-8-10-12-14-16-20(17-21)23-19(3)22/h17-18,20H,4-16H2,1-3H3. The van der Waals surface area contributed by atoms with Crippen LogP contribution in [0.3, 0.4) is 0 Å². The van der Waals surface area contributed by atoms with Gasteiger partial charge in [-0.1, -0.05) is 84.5 Å². The number of aldehydes is 1. The van der Waals surface area contributed by atoms with Gasteiger partial charge in [-0.15, -0.1) is 0 Å². The highest BCUT2D eigenvalue weighted by Gasteiger charge is 2.09. The van der Waals surface area contributed by atoms with Crippen molar-refractivity contribution < 1.29 is 14.3 Å². The molecule has 1 unspecified atom stereocenters. The molecule has 0 aliphatic rings. The highest BCUT2D eigenvalue weighted by atomic mass is 16.5. The first-order chi connectivity index (χ1) is 11.1. The smallest absolute Gasteiger partial charge is 0.303 e. The van der Waals surface area contributed by atoms with E-state index in [1.54, 1.807) is 0 Å². The summed E-state index contributed by atoms with van der Waals surface area (Å²) >= 11 is 0. The zero-order chi connectivity index (χ0) is 17.3. The summed E-state index contributed by atoms with van der Waals surface area (Å²) in [4.78, 5) is 21.5. The van der Waals surface area contributed by atoms with E-state index in [1.165, 1.54) is 71.1 Å². The average Bonchev–Trinajstić information content (AvgIpc) is 2.49. The minimum absolute atomic E-state index is 0.369. The summed E-state index contributed by atoms with van der Waals surface area (Å²) < 4.78 is 4.91. The Morgan fingerprint density at radius 3 is 1.52 bits per heavy atom. The molecule has 0 bridgehead atoms. The summed E-state index contributed by atoms with van der Waals surface area (Å²) in [6.07, 6.45) is 16.5. The monoisotopic (exact) mass is 326 g/mol. The molecule has 0 fully saturated rings. The molecule has 0 rings (SSSR count). The van der Waals surface area contributed by atoms with Crippen molar-refractivity contribution in [2.45, 2.75) is 110 Å². The number of hydrogen-bond donors (Lipinski definition) is 0. The fourth-order valence-corrected chi connectivity index (χ4v) is 2.86. The van der Waals surface area contributed by atoms with E-state index >= 15 is 0 Å². The van der Waals surface area contributed by atoms with Crippen LogP contribution in [-0.4, -0.2) is 18.4 Å². The van der Waals surface area contributed by atoms with Crippen LogP contribution in [0.15, 0.2) is 0 Å². The average molecular weight is 327 g/mol. The second kappa shape index (κ2) is 16.0. The first-order valence-corrected chi connectivity index (χ1v) is 9.68. The number of ether oxygens (including phenoxy) is 1. The molecule has 3 heteroatoms.